The Morgan fingerprint density at radius 2 is 1.48 bits per heavy atom. The summed E-state index contributed by atoms with van der Waals surface area (Å²) in [7, 11) is 1.51. The Bertz CT molecular complexity index is 551. The number of rotatable bonds is 6. The lowest BCUT2D eigenvalue weighted by Crippen LogP contribution is -2.32. The summed E-state index contributed by atoms with van der Waals surface area (Å²) in [6, 6.07) is 18.8. The van der Waals surface area contributed by atoms with Gasteiger partial charge in [0, 0.05) is 7.11 Å². The molecule has 0 radical (unpaired) electrons. The van der Waals surface area contributed by atoms with Crippen molar-refractivity contribution >= 4 is 6.08 Å². The molecule has 0 aliphatic heterocycles. The summed E-state index contributed by atoms with van der Waals surface area (Å²) in [6.07, 6.45) is 1.02. The third-order valence-electron chi connectivity index (χ3n) is 3.35. The van der Waals surface area contributed by atoms with Gasteiger partial charge in [-0.2, -0.15) is 0 Å². The van der Waals surface area contributed by atoms with Gasteiger partial charge in [-0.3, -0.25) is 0 Å². The molecule has 0 unspecified atom stereocenters. The summed E-state index contributed by atoms with van der Waals surface area (Å²) in [5.41, 5.74) is 1.68. The molecule has 2 aromatic carbocycles. The van der Waals surface area contributed by atoms with E-state index in [9.17, 15) is 10.2 Å². The van der Waals surface area contributed by atoms with E-state index in [1.807, 2.05) is 54.6 Å². The van der Waals surface area contributed by atoms with Crippen LogP contribution >= 0.6 is 0 Å². The number of aliphatic hydroxyl groups excluding tert-OH is 2. The van der Waals surface area contributed by atoms with Crippen molar-refractivity contribution in [2.75, 3.05) is 7.11 Å². The van der Waals surface area contributed by atoms with Crippen LogP contribution in [-0.2, 0) is 4.74 Å². The van der Waals surface area contributed by atoms with E-state index < -0.39 is 18.3 Å². The van der Waals surface area contributed by atoms with Crippen molar-refractivity contribution in [3.05, 3.63) is 77.9 Å². The molecule has 2 N–H and O–H groups in total. The highest BCUT2D eigenvalue weighted by Crippen LogP contribution is 2.21. The summed E-state index contributed by atoms with van der Waals surface area (Å²) in [5.74, 6) is 0. The van der Waals surface area contributed by atoms with Crippen LogP contribution in [0.3, 0.4) is 0 Å². The minimum atomic E-state index is -1.03. The van der Waals surface area contributed by atoms with Crippen LogP contribution in [0.5, 0.6) is 0 Å². The lowest BCUT2D eigenvalue weighted by Gasteiger charge is -2.23. The lowest BCUT2D eigenvalue weighted by molar-refractivity contribution is -0.0573. The topological polar surface area (TPSA) is 49.7 Å². The van der Waals surface area contributed by atoms with E-state index in [0.29, 0.717) is 5.56 Å². The Morgan fingerprint density at radius 3 is 2.05 bits per heavy atom. The largest absolute Gasteiger partial charge is 0.387 e. The average Bonchev–Trinajstić information content (AvgIpc) is 2.56. The van der Waals surface area contributed by atoms with Gasteiger partial charge in [-0.15, -0.1) is 0 Å². The molecule has 3 atom stereocenters. The number of benzene rings is 2. The van der Waals surface area contributed by atoms with E-state index in [-0.39, 0.29) is 0 Å². The van der Waals surface area contributed by atoms with E-state index in [0.717, 1.165) is 5.56 Å². The van der Waals surface area contributed by atoms with Gasteiger partial charge in [0.05, 0.1) is 0 Å². The molecule has 110 valence electrons. The summed E-state index contributed by atoms with van der Waals surface area (Å²) < 4.78 is 5.28. The Balaban J connectivity index is 2.08. The first-order chi connectivity index (χ1) is 10.2. The molecule has 0 aliphatic rings. The number of hydrogen-bond donors (Lipinski definition) is 2. The molecule has 0 aromatic heterocycles. The van der Waals surface area contributed by atoms with Crippen molar-refractivity contribution in [3.63, 3.8) is 0 Å². The van der Waals surface area contributed by atoms with Crippen LogP contribution in [0.2, 0.25) is 0 Å². The highest BCUT2D eigenvalue weighted by atomic mass is 16.5. The molecule has 0 spiro atoms. The first-order valence-corrected chi connectivity index (χ1v) is 6.89. The number of hydrogen-bond acceptors (Lipinski definition) is 3. The first kappa shape index (κ1) is 15.4. The molecule has 0 heterocycles. The van der Waals surface area contributed by atoms with E-state index in [2.05, 4.69) is 0 Å². The second-order valence-corrected chi connectivity index (χ2v) is 4.82. The van der Waals surface area contributed by atoms with Crippen LogP contribution in [0.1, 0.15) is 17.2 Å². The van der Waals surface area contributed by atoms with Gasteiger partial charge in [0.2, 0.25) is 0 Å². The zero-order valence-electron chi connectivity index (χ0n) is 12.0. The minimum Gasteiger partial charge on any atom is -0.387 e. The number of methoxy groups -OCH3 is 1. The second-order valence-electron chi connectivity index (χ2n) is 4.82. The van der Waals surface area contributed by atoms with Gasteiger partial charge in [-0.1, -0.05) is 72.8 Å². The molecule has 0 fully saturated rings. The monoisotopic (exact) mass is 284 g/mol. The Kier molecular flexibility index (Phi) is 5.69. The maximum atomic E-state index is 10.3. The fourth-order valence-corrected chi connectivity index (χ4v) is 2.13. The van der Waals surface area contributed by atoms with Crippen LogP contribution < -0.4 is 0 Å². The van der Waals surface area contributed by atoms with Crippen molar-refractivity contribution in [2.45, 2.75) is 18.3 Å². The van der Waals surface area contributed by atoms with Crippen molar-refractivity contribution < 1.29 is 14.9 Å². The molecule has 0 aliphatic carbocycles. The quantitative estimate of drug-likeness (QED) is 0.857. The van der Waals surface area contributed by atoms with Gasteiger partial charge < -0.3 is 14.9 Å². The van der Waals surface area contributed by atoms with Gasteiger partial charge in [-0.25, -0.2) is 0 Å². The third kappa shape index (κ3) is 4.26. The van der Waals surface area contributed by atoms with E-state index in [4.69, 9.17) is 4.74 Å². The third-order valence-corrected chi connectivity index (χ3v) is 3.35. The first-order valence-electron chi connectivity index (χ1n) is 6.89. The lowest BCUT2D eigenvalue weighted by atomic mass is 9.99. The molecule has 21 heavy (non-hydrogen) atoms. The molecule has 3 heteroatoms. The van der Waals surface area contributed by atoms with Gasteiger partial charge in [0.15, 0.2) is 0 Å². The summed E-state index contributed by atoms with van der Waals surface area (Å²) in [5, 5.41) is 20.5. The second kappa shape index (κ2) is 7.74. The molecule has 0 amide bonds. The van der Waals surface area contributed by atoms with Crippen molar-refractivity contribution in [1.82, 2.24) is 0 Å². The summed E-state index contributed by atoms with van der Waals surface area (Å²) in [4.78, 5) is 0. The molecular formula is C18H20O3. The van der Waals surface area contributed by atoms with Crippen LogP contribution in [0.25, 0.3) is 6.08 Å². The van der Waals surface area contributed by atoms with Gasteiger partial charge in [0.1, 0.15) is 18.3 Å². The minimum absolute atomic E-state index is 0.583. The van der Waals surface area contributed by atoms with Gasteiger partial charge in [0.25, 0.3) is 0 Å². The SMILES string of the molecule is CO[C@@H](/C=C/c1ccccc1)[C@H](O)[C@@H](O)c1ccccc1. The predicted molar refractivity (Wildman–Crippen MR) is 83.7 cm³/mol. The predicted octanol–water partition coefficient (Wildman–Crippen LogP) is 2.81. The highest BCUT2D eigenvalue weighted by Gasteiger charge is 2.25. The summed E-state index contributed by atoms with van der Waals surface area (Å²) >= 11 is 0. The van der Waals surface area contributed by atoms with Crippen LogP contribution in [0, 0.1) is 0 Å². The Labute approximate surface area is 125 Å². The Morgan fingerprint density at radius 1 is 0.905 bits per heavy atom. The normalized spacial score (nSPS) is 15.8. The van der Waals surface area contributed by atoms with E-state index in [1.165, 1.54) is 7.11 Å². The highest BCUT2D eigenvalue weighted by molar-refractivity contribution is 5.49. The average molecular weight is 284 g/mol. The molecule has 2 aromatic rings. The maximum Gasteiger partial charge on any atom is 0.114 e. The molecule has 0 saturated heterocycles. The number of ether oxygens (including phenoxy) is 1. The van der Waals surface area contributed by atoms with Crippen LogP contribution in [-0.4, -0.2) is 29.5 Å². The zero-order chi connectivity index (χ0) is 15.1. The van der Waals surface area contributed by atoms with Gasteiger partial charge >= 0.3 is 0 Å². The maximum absolute atomic E-state index is 10.3. The molecule has 0 bridgehead atoms. The van der Waals surface area contributed by atoms with Crippen LogP contribution in [0.4, 0.5) is 0 Å². The molecular weight excluding hydrogens is 264 g/mol. The Hall–Kier alpha value is -1.94. The fraction of sp³-hybridized carbons (Fsp3) is 0.222. The van der Waals surface area contributed by atoms with Gasteiger partial charge in [-0.05, 0) is 11.1 Å². The van der Waals surface area contributed by atoms with E-state index in [1.54, 1.807) is 18.2 Å². The molecule has 2 rings (SSSR count). The van der Waals surface area contributed by atoms with Crippen molar-refractivity contribution in [3.8, 4) is 0 Å². The zero-order valence-corrected chi connectivity index (χ0v) is 12.0. The molecule has 3 nitrogen and oxygen atoms in total. The van der Waals surface area contributed by atoms with Crippen LogP contribution in [0.15, 0.2) is 66.7 Å². The number of aliphatic hydroxyl groups is 2. The standard InChI is InChI=1S/C18H20O3/c1-21-16(13-12-14-8-4-2-5-9-14)18(20)17(19)15-10-6-3-7-11-15/h2-13,16-20H,1H3/b13-12+/t16-,17-,18-/m0/s1. The van der Waals surface area contributed by atoms with E-state index >= 15 is 0 Å². The fourth-order valence-electron chi connectivity index (χ4n) is 2.13. The summed E-state index contributed by atoms with van der Waals surface area (Å²) in [6.45, 7) is 0. The smallest absolute Gasteiger partial charge is 0.114 e. The molecule has 0 saturated carbocycles. The van der Waals surface area contributed by atoms with Crippen molar-refractivity contribution in [2.24, 2.45) is 0 Å². The van der Waals surface area contributed by atoms with Crippen molar-refractivity contribution in [1.29, 1.82) is 0 Å².